The van der Waals surface area contributed by atoms with Crippen LogP contribution in [-0.4, -0.2) is 48.4 Å². The first-order valence-corrected chi connectivity index (χ1v) is 11.5. The standard InChI is InChI=1S/C26H33FN2O/c1-2-24(20-10-5-3-6-11-20)26(30)29-18-22(17-28-14-7-4-8-15-28)25(19-29)21-12-9-13-23(27)16-21/h3,5-6,9-13,16,22,24-25H,2,4,7-8,14-15,17-19H2,1H3. The van der Waals surface area contributed by atoms with Crippen molar-refractivity contribution in [2.45, 2.75) is 44.4 Å². The Kier molecular flexibility index (Phi) is 6.83. The van der Waals surface area contributed by atoms with Crippen LogP contribution in [0.25, 0.3) is 0 Å². The lowest BCUT2D eigenvalue weighted by atomic mass is 9.88. The first-order chi connectivity index (χ1) is 14.7. The highest BCUT2D eigenvalue weighted by atomic mass is 19.1. The summed E-state index contributed by atoms with van der Waals surface area (Å²) in [6, 6.07) is 17.1. The van der Waals surface area contributed by atoms with Gasteiger partial charge in [0.05, 0.1) is 5.92 Å². The Morgan fingerprint density at radius 3 is 2.50 bits per heavy atom. The molecule has 2 aliphatic heterocycles. The van der Waals surface area contributed by atoms with E-state index in [9.17, 15) is 9.18 Å². The summed E-state index contributed by atoms with van der Waals surface area (Å²) < 4.78 is 14.0. The third-order valence-corrected chi connectivity index (χ3v) is 6.88. The molecule has 2 aromatic rings. The summed E-state index contributed by atoms with van der Waals surface area (Å²) in [6.45, 7) is 6.81. The normalized spacial score (nSPS) is 23.5. The Balaban J connectivity index is 1.55. The van der Waals surface area contributed by atoms with E-state index < -0.39 is 0 Å². The van der Waals surface area contributed by atoms with Gasteiger partial charge < -0.3 is 9.80 Å². The third-order valence-electron chi connectivity index (χ3n) is 6.88. The molecule has 4 rings (SSSR count). The number of hydrogen-bond acceptors (Lipinski definition) is 2. The van der Waals surface area contributed by atoms with E-state index >= 15 is 0 Å². The lowest BCUT2D eigenvalue weighted by molar-refractivity contribution is -0.132. The molecule has 0 bridgehead atoms. The molecule has 2 aromatic carbocycles. The van der Waals surface area contributed by atoms with Crippen LogP contribution in [0.15, 0.2) is 54.6 Å². The number of piperidine rings is 1. The fourth-order valence-corrected chi connectivity index (χ4v) is 5.28. The molecular formula is C26H33FN2O. The molecule has 0 aliphatic carbocycles. The average Bonchev–Trinajstić information content (AvgIpc) is 3.19. The molecular weight excluding hydrogens is 375 g/mol. The number of nitrogens with zero attached hydrogens (tertiary/aromatic N) is 2. The van der Waals surface area contributed by atoms with Gasteiger partial charge in [0, 0.05) is 25.6 Å². The maximum absolute atomic E-state index is 14.0. The largest absolute Gasteiger partial charge is 0.341 e. The second-order valence-electron chi connectivity index (χ2n) is 8.90. The Hall–Kier alpha value is -2.20. The number of likely N-dealkylation sites (tertiary alicyclic amines) is 2. The van der Waals surface area contributed by atoms with Crippen LogP contribution in [0.5, 0.6) is 0 Å². The summed E-state index contributed by atoms with van der Waals surface area (Å²) >= 11 is 0. The fraction of sp³-hybridized carbons (Fsp3) is 0.500. The Labute approximate surface area is 179 Å². The zero-order valence-electron chi connectivity index (χ0n) is 18.0. The summed E-state index contributed by atoms with van der Waals surface area (Å²) in [5.41, 5.74) is 2.12. The van der Waals surface area contributed by atoms with Crippen molar-refractivity contribution in [1.29, 1.82) is 0 Å². The number of halogens is 1. The lowest BCUT2D eigenvalue weighted by Gasteiger charge is -2.31. The predicted octanol–water partition coefficient (Wildman–Crippen LogP) is 5.05. The zero-order chi connectivity index (χ0) is 20.9. The van der Waals surface area contributed by atoms with Gasteiger partial charge in [0.1, 0.15) is 5.82 Å². The molecule has 3 atom stereocenters. The second-order valence-corrected chi connectivity index (χ2v) is 8.90. The van der Waals surface area contributed by atoms with Crippen molar-refractivity contribution in [3.8, 4) is 0 Å². The lowest BCUT2D eigenvalue weighted by Crippen LogP contribution is -2.37. The molecule has 3 nitrogen and oxygen atoms in total. The summed E-state index contributed by atoms with van der Waals surface area (Å²) in [5, 5.41) is 0. The smallest absolute Gasteiger partial charge is 0.230 e. The summed E-state index contributed by atoms with van der Waals surface area (Å²) in [4.78, 5) is 18.1. The van der Waals surface area contributed by atoms with E-state index in [1.807, 2.05) is 29.2 Å². The number of benzene rings is 2. The first kappa shape index (κ1) is 21.0. The molecule has 0 saturated carbocycles. The zero-order valence-corrected chi connectivity index (χ0v) is 18.0. The molecule has 3 unspecified atom stereocenters. The SMILES string of the molecule is CCC(C(=O)N1CC(CN2CCCCC2)C(c2cccc(F)c2)C1)c1ccccc1. The quantitative estimate of drug-likeness (QED) is 0.668. The van der Waals surface area contributed by atoms with Gasteiger partial charge in [-0.3, -0.25) is 4.79 Å². The molecule has 1 amide bonds. The average molecular weight is 409 g/mol. The van der Waals surface area contributed by atoms with Crippen LogP contribution >= 0.6 is 0 Å². The topological polar surface area (TPSA) is 23.6 Å². The van der Waals surface area contributed by atoms with E-state index in [2.05, 4.69) is 24.0 Å². The number of rotatable bonds is 6. The number of hydrogen-bond donors (Lipinski definition) is 0. The van der Waals surface area contributed by atoms with Gasteiger partial charge in [-0.2, -0.15) is 0 Å². The molecule has 0 N–H and O–H groups in total. The van der Waals surface area contributed by atoms with Crippen molar-refractivity contribution >= 4 is 5.91 Å². The van der Waals surface area contributed by atoms with E-state index in [0.717, 1.165) is 43.7 Å². The molecule has 2 heterocycles. The Morgan fingerprint density at radius 2 is 1.80 bits per heavy atom. The molecule has 0 aromatic heterocycles. The Bertz CT molecular complexity index is 834. The van der Waals surface area contributed by atoms with Crippen LogP contribution in [-0.2, 0) is 4.79 Å². The van der Waals surface area contributed by atoms with E-state index in [4.69, 9.17) is 0 Å². The highest BCUT2D eigenvalue weighted by molar-refractivity contribution is 5.84. The maximum Gasteiger partial charge on any atom is 0.230 e. The second kappa shape index (κ2) is 9.74. The Morgan fingerprint density at radius 1 is 1.03 bits per heavy atom. The van der Waals surface area contributed by atoms with Gasteiger partial charge in [-0.15, -0.1) is 0 Å². The number of amides is 1. The van der Waals surface area contributed by atoms with Crippen molar-refractivity contribution in [2.75, 3.05) is 32.7 Å². The predicted molar refractivity (Wildman–Crippen MR) is 119 cm³/mol. The monoisotopic (exact) mass is 408 g/mol. The van der Waals surface area contributed by atoms with Crippen molar-refractivity contribution < 1.29 is 9.18 Å². The van der Waals surface area contributed by atoms with Crippen molar-refractivity contribution in [2.24, 2.45) is 5.92 Å². The van der Waals surface area contributed by atoms with Gasteiger partial charge in [-0.25, -0.2) is 4.39 Å². The molecule has 160 valence electrons. The fourth-order valence-electron chi connectivity index (χ4n) is 5.28. The summed E-state index contributed by atoms with van der Waals surface area (Å²) in [5.74, 6) is 0.464. The number of carbonyl (C=O) groups excluding carboxylic acids is 1. The molecule has 0 spiro atoms. The summed E-state index contributed by atoms with van der Waals surface area (Å²) in [6.07, 6.45) is 4.62. The van der Waals surface area contributed by atoms with Gasteiger partial charge >= 0.3 is 0 Å². The van der Waals surface area contributed by atoms with Crippen molar-refractivity contribution in [1.82, 2.24) is 9.80 Å². The van der Waals surface area contributed by atoms with E-state index in [1.165, 1.54) is 25.3 Å². The highest BCUT2D eigenvalue weighted by Gasteiger charge is 2.39. The van der Waals surface area contributed by atoms with Crippen LogP contribution in [0.1, 0.15) is 55.6 Å². The molecule has 4 heteroatoms. The van der Waals surface area contributed by atoms with Crippen LogP contribution in [0.3, 0.4) is 0 Å². The van der Waals surface area contributed by atoms with Crippen molar-refractivity contribution in [3.63, 3.8) is 0 Å². The van der Waals surface area contributed by atoms with Gasteiger partial charge in [0.2, 0.25) is 5.91 Å². The van der Waals surface area contributed by atoms with Gasteiger partial charge in [0.15, 0.2) is 0 Å². The van der Waals surface area contributed by atoms with Crippen LogP contribution < -0.4 is 0 Å². The third kappa shape index (κ3) is 4.75. The molecule has 2 aliphatic rings. The molecule has 2 saturated heterocycles. The van der Waals surface area contributed by atoms with Gasteiger partial charge in [0.25, 0.3) is 0 Å². The summed E-state index contributed by atoms with van der Waals surface area (Å²) in [7, 11) is 0. The molecule has 2 fully saturated rings. The minimum atomic E-state index is -0.190. The van der Waals surface area contributed by atoms with E-state index in [1.54, 1.807) is 12.1 Å². The first-order valence-electron chi connectivity index (χ1n) is 11.5. The minimum Gasteiger partial charge on any atom is -0.341 e. The minimum absolute atomic E-state index is 0.104. The van der Waals surface area contributed by atoms with Crippen LogP contribution in [0.2, 0.25) is 0 Å². The van der Waals surface area contributed by atoms with E-state index in [0.29, 0.717) is 12.5 Å². The number of carbonyl (C=O) groups is 1. The van der Waals surface area contributed by atoms with Gasteiger partial charge in [-0.05, 0) is 61.5 Å². The van der Waals surface area contributed by atoms with E-state index in [-0.39, 0.29) is 23.6 Å². The van der Waals surface area contributed by atoms with Gasteiger partial charge in [-0.1, -0.05) is 55.8 Å². The van der Waals surface area contributed by atoms with Crippen molar-refractivity contribution in [3.05, 3.63) is 71.5 Å². The molecule has 30 heavy (non-hydrogen) atoms. The van der Waals surface area contributed by atoms with Crippen LogP contribution in [0.4, 0.5) is 4.39 Å². The molecule has 0 radical (unpaired) electrons. The maximum atomic E-state index is 14.0. The van der Waals surface area contributed by atoms with Crippen LogP contribution in [0, 0.1) is 11.7 Å². The highest BCUT2D eigenvalue weighted by Crippen LogP contribution is 2.36.